The van der Waals surface area contributed by atoms with E-state index in [1.807, 2.05) is 26.0 Å². The van der Waals surface area contributed by atoms with E-state index in [1.165, 1.54) is 11.1 Å². The average molecular weight is 352 g/mol. The first kappa shape index (κ1) is 18.8. The summed E-state index contributed by atoms with van der Waals surface area (Å²) < 4.78 is 39.3. The third kappa shape index (κ3) is 4.10. The number of hydrogen-bond donors (Lipinski definition) is 0. The molecule has 134 valence electrons. The van der Waals surface area contributed by atoms with Crippen molar-refractivity contribution in [3.8, 4) is 0 Å². The molecule has 0 saturated heterocycles. The van der Waals surface area contributed by atoms with Crippen molar-refractivity contribution in [3.05, 3.63) is 63.6 Å². The largest absolute Gasteiger partial charge is 0.421 e. The number of benzene rings is 1. The Morgan fingerprint density at radius 2 is 1.88 bits per heavy atom. The minimum Gasteiger partial charge on any atom is -0.311 e. The molecule has 0 fully saturated rings. The summed E-state index contributed by atoms with van der Waals surface area (Å²) in [4.78, 5) is 26.0. The van der Waals surface area contributed by atoms with E-state index in [1.54, 1.807) is 13.0 Å². The Hall–Kier alpha value is -2.57. The topological polar surface area (TPSA) is 42.3 Å². The van der Waals surface area contributed by atoms with Crippen molar-refractivity contribution >= 4 is 11.6 Å². The van der Waals surface area contributed by atoms with E-state index in [0.717, 1.165) is 21.8 Å². The highest BCUT2D eigenvalue weighted by molar-refractivity contribution is 5.93. The zero-order valence-corrected chi connectivity index (χ0v) is 14.2. The number of pyridine rings is 1. The van der Waals surface area contributed by atoms with Gasteiger partial charge >= 0.3 is 6.18 Å². The number of carbonyl (C=O) groups is 1. The molecule has 0 bridgehead atoms. The third-order valence-electron chi connectivity index (χ3n) is 3.89. The Morgan fingerprint density at radius 1 is 1.20 bits per heavy atom. The standard InChI is InChI=1S/C18H19F3N2O2/c1-4-23(15-8-7-12(2)10-13(15)3)16(24)11-22-9-5-6-14(17(22)25)18(19,20)21/h5-10H,4,11H2,1-3H3. The lowest BCUT2D eigenvalue weighted by Gasteiger charge is -2.24. The third-order valence-corrected chi connectivity index (χ3v) is 3.89. The zero-order valence-electron chi connectivity index (χ0n) is 14.2. The van der Waals surface area contributed by atoms with Gasteiger partial charge < -0.3 is 9.47 Å². The number of amides is 1. The van der Waals surface area contributed by atoms with Gasteiger partial charge in [-0.15, -0.1) is 0 Å². The van der Waals surface area contributed by atoms with Crippen LogP contribution in [-0.2, 0) is 17.5 Å². The minimum atomic E-state index is -4.75. The fourth-order valence-corrected chi connectivity index (χ4v) is 2.70. The van der Waals surface area contributed by atoms with Crippen molar-refractivity contribution in [1.82, 2.24) is 4.57 Å². The molecular weight excluding hydrogens is 333 g/mol. The van der Waals surface area contributed by atoms with Gasteiger partial charge in [-0.25, -0.2) is 0 Å². The highest BCUT2D eigenvalue weighted by Gasteiger charge is 2.34. The highest BCUT2D eigenvalue weighted by Crippen LogP contribution is 2.26. The maximum Gasteiger partial charge on any atom is 0.421 e. The fourth-order valence-electron chi connectivity index (χ4n) is 2.70. The lowest BCUT2D eigenvalue weighted by molar-refractivity contribution is -0.139. The van der Waals surface area contributed by atoms with Crippen LogP contribution in [0.25, 0.3) is 0 Å². The Kier molecular flexibility index (Phi) is 5.35. The number of nitrogens with zero attached hydrogens (tertiary/aromatic N) is 2. The number of anilines is 1. The number of rotatable bonds is 4. The van der Waals surface area contributed by atoms with E-state index >= 15 is 0 Å². The van der Waals surface area contributed by atoms with E-state index in [4.69, 9.17) is 0 Å². The van der Waals surface area contributed by atoms with E-state index in [-0.39, 0.29) is 0 Å². The number of likely N-dealkylation sites (N-methyl/N-ethyl adjacent to an activating group) is 1. The Morgan fingerprint density at radius 3 is 2.44 bits per heavy atom. The summed E-state index contributed by atoms with van der Waals surface area (Å²) in [7, 11) is 0. The number of aromatic nitrogens is 1. The summed E-state index contributed by atoms with van der Waals surface area (Å²) >= 11 is 0. The second kappa shape index (κ2) is 7.13. The summed E-state index contributed by atoms with van der Waals surface area (Å²) in [6, 6.07) is 7.40. The molecule has 0 saturated carbocycles. The Labute approximate surface area is 143 Å². The number of hydrogen-bond acceptors (Lipinski definition) is 2. The van der Waals surface area contributed by atoms with Gasteiger partial charge in [0, 0.05) is 18.4 Å². The molecule has 2 aromatic rings. The summed E-state index contributed by atoms with van der Waals surface area (Å²) in [6.07, 6.45) is -3.56. The van der Waals surface area contributed by atoms with Crippen LogP contribution in [0.5, 0.6) is 0 Å². The molecule has 1 heterocycles. The molecule has 0 radical (unpaired) electrons. The quantitative estimate of drug-likeness (QED) is 0.845. The lowest BCUT2D eigenvalue weighted by atomic mass is 10.1. The van der Waals surface area contributed by atoms with Gasteiger partial charge in [-0.2, -0.15) is 13.2 Å². The average Bonchev–Trinajstić information content (AvgIpc) is 2.51. The van der Waals surface area contributed by atoms with Crippen LogP contribution in [0, 0.1) is 13.8 Å². The molecule has 1 aromatic carbocycles. The van der Waals surface area contributed by atoms with Crippen molar-refractivity contribution in [2.75, 3.05) is 11.4 Å². The fraction of sp³-hybridized carbons (Fsp3) is 0.333. The predicted octanol–water partition coefficient (Wildman–Crippen LogP) is 3.54. The molecule has 1 aromatic heterocycles. The summed E-state index contributed by atoms with van der Waals surface area (Å²) in [5, 5.41) is 0. The Balaban J connectivity index is 2.34. The zero-order chi connectivity index (χ0) is 18.8. The van der Waals surface area contributed by atoms with Gasteiger partial charge in [0.05, 0.1) is 0 Å². The molecule has 25 heavy (non-hydrogen) atoms. The maximum absolute atomic E-state index is 12.8. The normalized spacial score (nSPS) is 11.4. The Bertz CT molecular complexity index is 841. The van der Waals surface area contributed by atoms with E-state index < -0.39 is 29.8 Å². The van der Waals surface area contributed by atoms with Crippen LogP contribution in [0.3, 0.4) is 0 Å². The van der Waals surface area contributed by atoms with Crippen LogP contribution < -0.4 is 10.5 Å². The molecule has 0 atom stereocenters. The van der Waals surface area contributed by atoms with E-state index in [2.05, 4.69) is 0 Å². The van der Waals surface area contributed by atoms with E-state index in [9.17, 15) is 22.8 Å². The monoisotopic (exact) mass is 352 g/mol. The summed E-state index contributed by atoms with van der Waals surface area (Å²) in [5.41, 5.74) is 0.0981. The number of halogens is 3. The molecular formula is C18H19F3N2O2. The lowest BCUT2D eigenvalue weighted by Crippen LogP contribution is -2.38. The second-order valence-electron chi connectivity index (χ2n) is 5.78. The second-order valence-corrected chi connectivity index (χ2v) is 5.78. The molecule has 0 aliphatic rings. The van der Waals surface area contributed by atoms with Gasteiger partial charge in [-0.3, -0.25) is 9.59 Å². The molecule has 0 aliphatic carbocycles. The number of alkyl halides is 3. The molecule has 2 rings (SSSR count). The van der Waals surface area contributed by atoms with E-state index in [0.29, 0.717) is 18.3 Å². The van der Waals surface area contributed by atoms with Crippen LogP contribution in [0.1, 0.15) is 23.6 Å². The molecule has 0 aliphatic heterocycles. The minimum absolute atomic E-state index is 0.344. The maximum atomic E-state index is 12.8. The molecule has 0 N–H and O–H groups in total. The van der Waals surface area contributed by atoms with Gasteiger partial charge in [0.15, 0.2) is 0 Å². The number of aryl methyl sites for hydroxylation is 2. The van der Waals surface area contributed by atoms with Crippen molar-refractivity contribution < 1.29 is 18.0 Å². The van der Waals surface area contributed by atoms with Crippen LogP contribution in [-0.4, -0.2) is 17.0 Å². The van der Waals surface area contributed by atoms with Crippen LogP contribution >= 0.6 is 0 Å². The molecule has 1 amide bonds. The van der Waals surface area contributed by atoms with Crippen LogP contribution in [0.15, 0.2) is 41.3 Å². The van der Waals surface area contributed by atoms with Crippen molar-refractivity contribution in [2.24, 2.45) is 0 Å². The van der Waals surface area contributed by atoms with Gasteiger partial charge in [0.2, 0.25) is 5.91 Å². The summed E-state index contributed by atoms with van der Waals surface area (Å²) in [5.74, 6) is -0.448. The smallest absolute Gasteiger partial charge is 0.311 e. The number of carbonyl (C=O) groups excluding carboxylic acids is 1. The van der Waals surface area contributed by atoms with Gasteiger partial charge in [0.25, 0.3) is 5.56 Å². The van der Waals surface area contributed by atoms with Crippen molar-refractivity contribution in [2.45, 2.75) is 33.5 Å². The van der Waals surface area contributed by atoms with Crippen LogP contribution in [0.2, 0.25) is 0 Å². The van der Waals surface area contributed by atoms with Crippen LogP contribution in [0.4, 0.5) is 18.9 Å². The first-order valence-corrected chi connectivity index (χ1v) is 7.79. The van der Waals surface area contributed by atoms with Gasteiger partial charge in [-0.1, -0.05) is 17.7 Å². The highest BCUT2D eigenvalue weighted by atomic mass is 19.4. The predicted molar refractivity (Wildman–Crippen MR) is 89.6 cm³/mol. The molecule has 7 heteroatoms. The first-order chi connectivity index (χ1) is 11.6. The van der Waals surface area contributed by atoms with Gasteiger partial charge in [-0.05, 0) is 44.5 Å². The molecule has 0 spiro atoms. The summed E-state index contributed by atoms with van der Waals surface area (Å²) in [6.45, 7) is 5.44. The molecule has 4 nitrogen and oxygen atoms in total. The molecule has 0 unspecified atom stereocenters. The van der Waals surface area contributed by atoms with Gasteiger partial charge in [0.1, 0.15) is 12.1 Å². The SMILES string of the molecule is CCN(C(=O)Cn1cccc(C(F)(F)F)c1=O)c1ccc(C)cc1C. The van der Waals surface area contributed by atoms with Crippen molar-refractivity contribution in [1.29, 1.82) is 0 Å². The first-order valence-electron chi connectivity index (χ1n) is 7.79. The van der Waals surface area contributed by atoms with Crippen molar-refractivity contribution in [3.63, 3.8) is 0 Å².